The first-order valence-corrected chi connectivity index (χ1v) is 16.8. The third kappa shape index (κ3) is 4.35. The fraction of sp³-hybridized carbons (Fsp3) is 0.0698. The zero-order valence-corrected chi connectivity index (χ0v) is 24.9. The van der Waals surface area contributed by atoms with Crippen molar-refractivity contribution < 1.29 is 12.3 Å². The Morgan fingerprint density at radius 3 is 1.52 bits per heavy atom. The van der Waals surface area contributed by atoms with E-state index in [1.807, 2.05) is 30.3 Å². The molecule has 8 rings (SSSR count). The van der Waals surface area contributed by atoms with Gasteiger partial charge >= 0.3 is 0 Å². The standard InChI is InChI=1S/C43H34Si/c1-44(2,3)41-28-33(27-32-14-5-7-17-35(32)41)29-23-25-31(26-24-29)42-37-18-8-10-20-39(37)43(40-21-11-9-19-38(40)42)36-22-12-15-30-13-4-6-16-34(30)36/h4-28H,1-3H3/i1D3,2D3,3D3. The highest BCUT2D eigenvalue weighted by atomic mass is 28.3. The molecule has 0 aliphatic heterocycles. The minimum absolute atomic E-state index is 0.101. The van der Waals surface area contributed by atoms with Crippen molar-refractivity contribution >= 4 is 56.4 Å². The van der Waals surface area contributed by atoms with E-state index >= 15 is 0 Å². The summed E-state index contributed by atoms with van der Waals surface area (Å²) in [6, 6.07) is 49.9. The molecule has 0 amide bonds. The van der Waals surface area contributed by atoms with E-state index in [1.165, 1.54) is 22.4 Å². The molecule has 0 nitrogen and oxygen atoms in total. The maximum Gasteiger partial charge on any atom is 0.0784 e. The van der Waals surface area contributed by atoms with Crippen molar-refractivity contribution in [3.8, 4) is 33.4 Å². The lowest BCUT2D eigenvalue weighted by Gasteiger charge is -2.21. The van der Waals surface area contributed by atoms with Gasteiger partial charge in [0.25, 0.3) is 0 Å². The maximum atomic E-state index is 8.48. The van der Waals surface area contributed by atoms with Gasteiger partial charge in [-0.25, -0.2) is 0 Å². The average Bonchev–Trinajstić information content (AvgIpc) is 3.12. The minimum Gasteiger partial charge on any atom is -0.0656 e. The Morgan fingerprint density at radius 1 is 0.386 bits per heavy atom. The van der Waals surface area contributed by atoms with Crippen LogP contribution in [0.2, 0.25) is 19.4 Å². The van der Waals surface area contributed by atoms with Gasteiger partial charge in [-0.1, -0.05) is 170 Å². The number of hydrogen-bond acceptors (Lipinski definition) is 0. The predicted molar refractivity (Wildman–Crippen MR) is 196 cm³/mol. The van der Waals surface area contributed by atoms with Crippen molar-refractivity contribution in [1.29, 1.82) is 0 Å². The molecule has 8 aromatic carbocycles. The second-order valence-corrected chi connectivity index (χ2v) is 13.5. The van der Waals surface area contributed by atoms with E-state index in [-0.39, 0.29) is 5.19 Å². The third-order valence-corrected chi connectivity index (χ3v) is 9.98. The molecule has 0 aliphatic rings. The summed E-state index contributed by atoms with van der Waals surface area (Å²) in [5, 5.41) is 7.62. The first-order valence-electron chi connectivity index (χ1n) is 19.3. The highest BCUT2D eigenvalue weighted by Crippen LogP contribution is 2.45. The van der Waals surface area contributed by atoms with Crippen LogP contribution in [-0.2, 0) is 0 Å². The topological polar surface area (TPSA) is 0 Å². The molecule has 1 heteroatoms. The fourth-order valence-corrected chi connectivity index (χ4v) is 7.79. The van der Waals surface area contributed by atoms with Gasteiger partial charge in [0.1, 0.15) is 0 Å². The van der Waals surface area contributed by atoms with Crippen LogP contribution in [-0.4, -0.2) is 8.07 Å². The van der Waals surface area contributed by atoms with Crippen molar-refractivity contribution in [3.63, 3.8) is 0 Å². The lowest BCUT2D eigenvalue weighted by molar-refractivity contribution is 1.63. The van der Waals surface area contributed by atoms with Crippen LogP contribution in [0.1, 0.15) is 12.3 Å². The quantitative estimate of drug-likeness (QED) is 0.142. The summed E-state index contributed by atoms with van der Waals surface area (Å²) in [6.07, 6.45) is 0. The molecule has 0 atom stereocenters. The number of hydrogen-bond donors (Lipinski definition) is 0. The summed E-state index contributed by atoms with van der Waals surface area (Å²) >= 11 is 0. The Hall–Kier alpha value is -4.98. The van der Waals surface area contributed by atoms with Gasteiger partial charge in [-0.15, -0.1) is 0 Å². The molecule has 0 aromatic heterocycles. The maximum absolute atomic E-state index is 8.48. The van der Waals surface area contributed by atoms with Crippen molar-refractivity contribution in [2.24, 2.45) is 0 Å². The lowest BCUT2D eigenvalue weighted by Crippen LogP contribution is -2.38. The molecule has 0 fully saturated rings. The van der Waals surface area contributed by atoms with Crippen molar-refractivity contribution in [2.45, 2.75) is 19.4 Å². The van der Waals surface area contributed by atoms with E-state index < -0.39 is 27.5 Å². The van der Waals surface area contributed by atoms with Gasteiger partial charge < -0.3 is 0 Å². The molecule has 0 unspecified atom stereocenters. The molecule has 8 aromatic rings. The third-order valence-electron chi connectivity index (χ3n) is 8.76. The SMILES string of the molecule is [2H]C([2H])([2H])[Si](c1cc(-c2ccc(-c3c4ccccc4c(-c4cccc5ccccc45)c4ccccc34)cc2)cc2ccccc12)(C([2H])([2H])[2H])C([2H])([2H])[2H]. The van der Waals surface area contributed by atoms with Crippen molar-refractivity contribution in [1.82, 2.24) is 0 Å². The van der Waals surface area contributed by atoms with Crippen LogP contribution in [0.4, 0.5) is 0 Å². The number of rotatable bonds is 4. The van der Waals surface area contributed by atoms with Crippen LogP contribution in [0, 0.1) is 0 Å². The molecule has 0 spiro atoms. The molecule has 0 bridgehead atoms. The molecular formula is C43H34Si. The van der Waals surface area contributed by atoms with Gasteiger partial charge in [0.2, 0.25) is 0 Å². The number of benzene rings is 8. The van der Waals surface area contributed by atoms with Crippen LogP contribution in [0.25, 0.3) is 76.5 Å². The Kier molecular flexibility index (Phi) is 4.37. The van der Waals surface area contributed by atoms with E-state index in [4.69, 9.17) is 12.3 Å². The summed E-state index contributed by atoms with van der Waals surface area (Å²) in [5.41, 5.74) is 5.65. The molecule has 0 aliphatic carbocycles. The van der Waals surface area contributed by atoms with E-state index in [2.05, 4.69) is 91.0 Å². The van der Waals surface area contributed by atoms with Crippen LogP contribution in [0.15, 0.2) is 152 Å². The van der Waals surface area contributed by atoms with Crippen LogP contribution in [0.5, 0.6) is 0 Å². The second kappa shape index (κ2) is 10.3. The van der Waals surface area contributed by atoms with Crippen molar-refractivity contribution in [3.05, 3.63) is 152 Å². The first-order chi connectivity index (χ1) is 25.2. The van der Waals surface area contributed by atoms with E-state index in [9.17, 15) is 0 Å². The molecule has 0 saturated carbocycles. The average molecular weight is 588 g/mol. The molecule has 44 heavy (non-hydrogen) atoms. The largest absolute Gasteiger partial charge is 0.0784 e. The highest BCUT2D eigenvalue weighted by Gasteiger charge is 2.21. The van der Waals surface area contributed by atoms with Gasteiger partial charge in [-0.2, -0.15) is 0 Å². The van der Waals surface area contributed by atoms with Gasteiger partial charge in [-0.05, 0) is 82.5 Å². The minimum atomic E-state index is -5.28. The monoisotopic (exact) mass is 587 g/mol. The van der Waals surface area contributed by atoms with Gasteiger partial charge in [0.05, 0.1) is 8.07 Å². The summed E-state index contributed by atoms with van der Waals surface area (Å²) in [7, 11) is -5.28. The molecule has 210 valence electrons. The Balaban J connectivity index is 1.35. The second-order valence-electron chi connectivity index (χ2n) is 11.4. The zero-order chi connectivity index (χ0) is 37.3. The molecule has 0 N–H and O–H groups in total. The molecule has 0 saturated heterocycles. The zero-order valence-electron chi connectivity index (χ0n) is 32.9. The highest BCUT2D eigenvalue weighted by molar-refractivity contribution is 6.90. The lowest BCUT2D eigenvalue weighted by atomic mass is 9.84. The van der Waals surface area contributed by atoms with Gasteiger partial charge in [0, 0.05) is 12.3 Å². The summed E-state index contributed by atoms with van der Waals surface area (Å²) in [4.78, 5) is 0. The summed E-state index contributed by atoms with van der Waals surface area (Å²) in [6.45, 7) is -9.72. The van der Waals surface area contributed by atoms with Crippen molar-refractivity contribution in [2.75, 3.05) is 0 Å². The van der Waals surface area contributed by atoms with Gasteiger partial charge in [-0.3, -0.25) is 0 Å². The summed E-state index contributed by atoms with van der Waals surface area (Å²) < 4.78 is 76.3. The van der Waals surface area contributed by atoms with E-state index in [0.717, 1.165) is 38.2 Å². The summed E-state index contributed by atoms with van der Waals surface area (Å²) in [5.74, 6) is 0. The normalized spacial score (nSPS) is 15.9. The Bertz CT molecular complexity index is 2590. The predicted octanol–water partition coefficient (Wildman–Crippen LogP) is 11.8. The van der Waals surface area contributed by atoms with Crippen LogP contribution < -0.4 is 5.19 Å². The smallest absolute Gasteiger partial charge is 0.0656 e. The van der Waals surface area contributed by atoms with Crippen LogP contribution in [0.3, 0.4) is 0 Å². The van der Waals surface area contributed by atoms with Crippen LogP contribution >= 0.6 is 0 Å². The fourth-order valence-electron chi connectivity index (χ4n) is 6.79. The number of fused-ring (bicyclic) bond motifs is 4. The molecule has 0 radical (unpaired) electrons. The molecular weight excluding hydrogens is 545 g/mol. The molecule has 0 heterocycles. The van der Waals surface area contributed by atoms with E-state index in [0.29, 0.717) is 21.9 Å². The van der Waals surface area contributed by atoms with Gasteiger partial charge in [0.15, 0.2) is 0 Å². The van der Waals surface area contributed by atoms with E-state index in [1.54, 1.807) is 24.3 Å². The Morgan fingerprint density at radius 2 is 0.886 bits per heavy atom. The first kappa shape index (κ1) is 18.6. The Labute approximate surface area is 272 Å².